The van der Waals surface area contributed by atoms with Crippen LogP contribution in [0.15, 0.2) is 43.0 Å². The quantitative estimate of drug-likeness (QED) is 0.813. The lowest BCUT2D eigenvalue weighted by molar-refractivity contribution is -0.139. The van der Waals surface area contributed by atoms with Crippen LogP contribution in [0.3, 0.4) is 0 Å². The lowest BCUT2D eigenvalue weighted by Crippen LogP contribution is -2.48. The number of hydrogen-bond donors (Lipinski definition) is 2. The van der Waals surface area contributed by atoms with Gasteiger partial charge >= 0.3 is 0 Å². The van der Waals surface area contributed by atoms with Crippen LogP contribution in [-0.2, 0) is 11.3 Å². The van der Waals surface area contributed by atoms with E-state index in [1.165, 1.54) is 6.07 Å². The molecule has 2 saturated heterocycles. The summed E-state index contributed by atoms with van der Waals surface area (Å²) in [7, 11) is 0. The summed E-state index contributed by atoms with van der Waals surface area (Å²) in [6.07, 6.45) is 9.41. The van der Waals surface area contributed by atoms with Crippen LogP contribution in [0.1, 0.15) is 37.2 Å². The Morgan fingerprint density at radius 2 is 2.10 bits per heavy atom. The summed E-state index contributed by atoms with van der Waals surface area (Å²) in [5, 5.41) is 0. The molecule has 3 heterocycles. The summed E-state index contributed by atoms with van der Waals surface area (Å²) in [6, 6.07) is 7.22. The third-order valence-electron chi connectivity index (χ3n) is 6.99. The number of imidazole rings is 1. The highest BCUT2D eigenvalue weighted by molar-refractivity contribution is 5.85. The maximum atomic E-state index is 13.7. The Hall–Kier alpha value is -2.25. The van der Waals surface area contributed by atoms with Gasteiger partial charge in [-0.15, -0.1) is 0 Å². The van der Waals surface area contributed by atoms with Crippen LogP contribution < -0.4 is 10.9 Å². The van der Waals surface area contributed by atoms with Gasteiger partial charge in [0.25, 0.3) is 0 Å². The van der Waals surface area contributed by atoms with Gasteiger partial charge in [-0.1, -0.05) is 12.1 Å². The monoisotopic (exact) mass is 397 g/mol. The van der Waals surface area contributed by atoms with Crippen molar-refractivity contribution < 1.29 is 9.18 Å². The summed E-state index contributed by atoms with van der Waals surface area (Å²) < 4.78 is 15.7. The topological polar surface area (TPSA) is 62.2 Å². The molecule has 0 spiro atoms. The van der Waals surface area contributed by atoms with Gasteiger partial charge in [0.05, 0.1) is 11.7 Å². The Kier molecular flexibility index (Phi) is 4.87. The molecule has 5 rings (SSSR count). The standard InChI is InChI=1S/C22H28FN5O/c23-18-3-1-2-17(12-18)19-13-25-26-20(19)16-4-9-28(10-5-16)21(29)22(6-7-22)14-27-11-8-24-15-27/h1-3,8,11-12,15-16,19-20,25-26H,4-7,9-10,13-14H2. The van der Waals surface area contributed by atoms with Crippen LogP contribution in [0, 0.1) is 17.2 Å². The first-order chi connectivity index (χ1) is 14.1. The van der Waals surface area contributed by atoms with Crippen molar-refractivity contribution in [2.75, 3.05) is 19.6 Å². The van der Waals surface area contributed by atoms with Crippen molar-refractivity contribution in [3.63, 3.8) is 0 Å². The molecule has 0 radical (unpaired) electrons. The zero-order valence-corrected chi connectivity index (χ0v) is 16.6. The number of hydrazine groups is 1. The van der Waals surface area contributed by atoms with E-state index in [-0.39, 0.29) is 23.2 Å². The third kappa shape index (κ3) is 3.69. The molecule has 29 heavy (non-hydrogen) atoms. The van der Waals surface area contributed by atoms with Crippen molar-refractivity contribution in [2.24, 2.45) is 11.3 Å². The second-order valence-electron chi connectivity index (χ2n) is 8.86. The van der Waals surface area contributed by atoms with E-state index >= 15 is 0 Å². The fourth-order valence-corrected chi connectivity index (χ4v) is 5.14. The van der Waals surface area contributed by atoms with Gasteiger partial charge in [0.15, 0.2) is 0 Å². The number of benzene rings is 1. The van der Waals surface area contributed by atoms with E-state index in [1.807, 2.05) is 16.8 Å². The number of piperidine rings is 1. The minimum atomic E-state index is -0.217. The summed E-state index contributed by atoms with van der Waals surface area (Å²) in [5.74, 6) is 0.866. The van der Waals surface area contributed by atoms with Gasteiger partial charge in [-0.3, -0.25) is 15.6 Å². The predicted octanol–water partition coefficient (Wildman–Crippen LogP) is 2.30. The van der Waals surface area contributed by atoms with Gasteiger partial charge in [0, 0.05) is 50.5 Å². The van der Waals surface area contributed by atoms with Gasteiger partial charge in [0.1, 0.15) is 5.82 Å². The molecule has 1 aromatic carbocycles. The van der Waals surface area contributed by atoms with Crippen LogP contribution in [0.25, 0.3) is 0 Å². The molecule has 6 nitrogen and oxygen atoms in total. The number of amides is 1. The highest BCUT2D eigenvalue weighted by atomic mass is 19.1. The van der Waals surface area contributed by atoms with Gasteiger partial charge in [-0.05, 0) is 49.3 Å². The Labute approximate surface area is 170 Å². The van der Waals surface area contributed by atoms with Crippen molar-refractivity contribution in [3.05, 3.63) is 54.4 Å². The number of hydrogen-bond acceptors (Lipinski definition) is 4. The molecular weight excluding hydrogens is 369 g/mol. The molecule has 2 atom stereocenters. The van der Waals surface area contributed by atoms with Gasteiger partial charge in [-0.25, -0.2) is 9.37 Å². The number of carbonyl (C=O) groups is 1. The van der Waals surface area contributed by atoms with E-state index in [2.05, 4.69) is 20.7 Å². The molecule has 154 valence electrons. The molecule has 7 heteroatoms. The maximum absolute atomic E-state index is 13.7. The van der Waals surface area contributed by atoms with Crippen LogP contribution in [0.2, 0.25) is 0 Å². The van der Waals surface area contributed by atoms with Crippen LogP contribution >= 0.6 is 0 Å². The maximum Gasteiger partial charge on any atom is 0.230 e. The Morgan fingerprint density at radius 3 is 2.79 bits per heavy atom. The molecule has 2 aromatic rings. The first-order valence-corrected chi connectivity index (χ1v) is 10.6. The minimum absolute atomic E-state index is 0.179. The van der Waals surface area contributed by atoms with Crippen LogP contribution in [0.4, 0.5) is 4.39 Å². The first-order valence-electron chi connectivity index (χ1n) is 10.6. The van der Waals surface area contributed by atoms with E-state index in [9.17, 15) is 9.18 Å². The minimum Gasteiger partial charge on any atom is -0.342 e. The zero-order chi connectivity index (χ0) is 19.8. The van der Waals surface area contributed by atoms with Gasteiger partial charge in [0.2, 0.25) is 5.91 Å². The van der Waals surface area contributed by atoms with Crippen molar-refractivity contribution in [3.8, 4) is 0 Å². The highest BCUT2D eigenvalue weighted by Crippen LogP contribution is 2.49. The van der Waals surface area contributed by atoms with Crippen molar-refractivity contribution >= 4 is 5.91 Å². The summed E-state index contributed by atoms with van der Waals surface area (Å²) in [4.78, 5) is 19.4. The largest absolute Gasteiger partial charge is 0.342 e. The predicted molar refractivity (Wildman–Crippen MR) is 107 cm³/mol. The molecule has 1 saturated carbocycles. The summed E-state index contributed by atoms with van der Waals surface area (Å²) in [5.41, 5.74) is 7.52. The van der Waals surface area contributed by atoms with E-state index in [0.717, 1.165) is 57.4 Å². The highest BCUT2D eigenvalue weighted by Gasteiger charge is 2.52. The lowest BCUT2D eigenvalue weighted by atomic mass is 9.80. The number of carbonyl (C=O) groups excluding carboxylic acids is 1. The second-order valence-corrected chi connectivity index (χ2v) is 8.86. The van der Waals surface area contributed by atoms with E-state index < -0.39 is 0 Å². The van der Waals surface area contributed by atoms with Crippen molar-refractivity contribution in [1.29, 1.82) is 0 Å². The Morgan fingerprint density at radius 1 is 1.28 bits per heavy atom. The van der Waals surface area contributed by atoms with Gasteiger partial charge < -0.3 is 9.47 Å². The average Bonchev–Trinajstić information content (AvgIpc) is 3.13. The molecule has 1 aromatic heterocycles. The number of likely N-dealkylation sites (tertiary alicyclic amines) is 1. The van der Waals surface area contributed by atoms with Crippen LogP contribution in [-0.4, -0.2) is 46.0 Å². The summed E-state index contributed by atoms with van der Waals surface area (Å²) >= 11 is 0. The second kappa shape index (κ2) is 7.54. The Balaban J connectivity index is 1.21. The van der Waals surface area contributed by atoms with E-state index in [1.54, 1.807) is 24.7 Å². The molecule has 3 aliphatic rings. The summed E-state index contributed by atoms with van der Waals surface area (Å²) in [6.45, 7) is 3.16. The lowest BCUT2D eigenvalue weighted by Gasteiger charge is -2.38. The molecule has 3 fully saturated rings. The molecule has 2 N–H and O–H groups in total. The van der Waals surface area contributed by atoms with E-state index in [0.29, 0.717) is 11.8 Å². The van der Waals surface area contributed by atoms with Crippen LogP contribution in [0.5, 0.6) is 0 Å². The van der Waals surface area contributed by atoms with E-state index in [4.69, 9.17) is 0 Å². The van der Waals surface area contributed by atoms with Gasteiger partial charge in [-0.2, -0.15) is 0 Å². The molecule has 1 aliphatic carbocycles. The Bertz CT molecular complexity index is 858. The fraction of sp³-hybridized carbons (Fsp3) is 0.545. The molecular formula is C22H28FN5O. The van der Waals surface area contributed by atoms with Crippen molar-refractivity contribution in [2.45, 2.75) is 44.2 Å². The average molecular weight is 397 g/mol. The molecule has 0 bridgehead atoms. The SMILES string of the molecule is O=C(N1CCC(C2NNCC2c2cccc(F)c2)CC1)C1(Cn2ccnc2)CC1. The molecule has 2 unspecified atom stereocenters. The molecule has 1 amide bonds. The zero-order valence-electron chi connectivity index (χ0n) is 16.6. The smallest absolute Gasteiger partial charge is 0.230 e. The third-order valence-corrected chi connectivity index (χ3v) is 6.99. The normalized spacial score (nSPS) is 26.6. The van der Waals surface area contributed by atoms with Crippen molar-refractivity contribution in [1.82, 2.24) is 25.3 Å². The number of nitrogens with one attached hydrogen (secondary N) is 2. The fourth-order valence-electron chi connectivity index (χ4n) is 5.14. The number of halogens is 1. The number of rotatable bonds is 5. The molecule has 2 aliphatic heterocycles. The number of aromatic nitrogens is 2. The first kappa shape index (κ1) is 18.8. The number of nitrogens with zero attached hydrogens (tertiary/aromatic N) is 3.